The molecule has 114 valence electrons. The van der Waals surface area contributed by atoms with Crippen LogP contribution in [0.25, 0.3) is 0 Å². The van der Waals surface area contributed by atoms with E-state index in [4.69, 9.17) is 0 Å². The Balaban J connectivity index is 2.51. The lowest BCUT2D eigenvalue weighted by atomic mass is 10.1. The molecule has 0 fully saturated rings. The fraction of sp³-hybridized carbons (Fsp3) is 0.0714. The van der Waals surface area contributed by atoms with E-state index in [9.17, 15) is 29.7 Å². The van der Waals surface area contributed by atoms with E-state index < -0.39 is 40.1 Å². The van der Waals surface area contributed by atoms with Gasteiger partial charge in [-0.2, -0.15) is 0 Å². The zero-order chi connectivity index (χ0) is 16.4. The quantitative estimate of drug-likeness (QED) is 0.494. The number of phenols is 1. The van der Waals surface area contributed by atoms with Crippen molar-refractivity contribution >= 4 is 17.4 Å². The Morgan fingerprint density at radius 3 is 2.32 bits per heavy atom. The number of carbonyl (C=O) groups excluding carboxylic acids is 2. The van der Waals surface area contributed by atoms with E-state index in [1.807, 2.05) is 0 Å². The molecule has 22 heavy (non-hydrogen) atoms. The van der Waals surface area contributed by atoms with E-state index in [1.165, 1.54) is 24.3 Å². The van der Waals surface area contributed by atoms with Gasteiger partial charge in [0.05, 0.1) is 5.69 Å². The molecule has 1 aromatic heterocycles. The van der Waals surface area contributed by atoms with Gasteiger partial charge in [0.1, 0.15) is 11.3 Å². The molecule has 0 atom stereocenters. The number of para-hydroxylation sites is 2. The summed E-state index contributed by atoms with van der Waals surface area (Å²) in [6.45, 7) is 0.994. The smallest absolute Gasteiger partial charge is 0.353 e. The van der Waals surface area contributed by atoms with Crippen molar-refractivity contribution in [3.05, 3.63) is 45.8 Å². The highest BCUT2D eigenvalue weighted by Crippen LogP contribution is 2.30. The first-order valence-corrected chi connectivity index (χ1v) is 6.02. The van der Waals surface area contributed by atoms with Gasteiger partial charge in [-0.3, -0.25) is 9.59 Å². The van der Waals surface area contributed by atoms with Crippen LogP contribution in [0.3, 0.4) is 0 Å². The van der Waals surface area contributed by atoms with Crippen molar-refractivity contribution in [2.24, 2.45) is 0 Å². The number of Topliss-reactive ketones (excluding diaryl/α,β-unsaturated/α-hetero) is 1. The van der Waals surface area contributed by atoms with Crippen LogP contribution in [-0.2, 0) is 0 Å². The van der Waals surface area contributed by atoms with E-state index >= 15 is 0 Å². The van der Waals surface area contributed by atoms with Crippen LogP contribution in [0.15, 0.2) is 33.5 Å². The van der Waals surface area contributed by atoms with Crippen molar-refractivity contribution < 1.29 is 29.3 Å². The fourth-order valence-corrected chi connectivity index (χ4v) is 1.79. The summed E-state index contributed by atoms with van der Waals surface area (Å²) in [5.74, 6) is -4.28. The Morgan fingerprint density at radius 2 is 1.73 bits per heavy atom. The lowest BCUT2D eigenvalue weighted by Crippen LogP contribution is -2.18. The van der Waals surface area contributed by atoms with Gasteiger partial charge in [0.25, 0.3) is 5.91 Å². The van der Waals surface area contributed by atoms with Gasteiger partial charge in [0, 0.05) is 0 Å². The fourth-order valence-electron chi connectivity index (χ4n) is 1.79. The minimum absolute atomic E-state index is 0.00174. The van der Waals surface area contributed by atoms with Gasteiger partial charge in [-0.25, -0.2) is 4.79 Å². The molecule has 8 heteroatoms. The number of benzene rings is 1. The second-order valence-electron chi connectivity index (χ2n) is 4.32. The predicted octanol–water partition coefficient (Wildman–Crippen LogP) is 1.21. The zero-order valence-corrected chi connectivity index (χ0v) is 11.3. The standard InChI is InChI=1S/C14H11NO7/c1-6(16)9-11(18)10(14(21)22-13(9)20)12(19)15-7-4-2-3-5-8(7)17/h2-5,17-18,21H,1H3,(H,15,19). The van der Waals surface area contributed by atoms with Crippen molar-refractivity contribution in [2.45, 2.75) is 6.92 Å². The third-order valence-electron chi connectivity index (χ3n) is 2.81. The number of amides is 1. The minimum Gasteiger partial charge on any atom is -0.506 e. The van der Waals surface area contributed by atoms with Gasteiger partial charge in [0.2, 0.25) is 0 Å². The summed E-state index contributed by atoms with van der Waals surface area (Å²) in [4.78, 5) is 34.8. The van der Waals surface area contributed by atoms with Crippen LogP contribution >= 0.6 is 0 Å². The summed E-state index contributed by atoms with van der Waals surface area (Å²) < 4.78 is 4.37. The normalized spacial score (nSPS) is 10.2. The first-order valence-electron chi connectivity index (χ1n) is 6.02. The molecule has 2 rings (SSSR count). The molecule has 0 aliphatic heterocycles. The van der Waals surface area contributed by atoms with E-state index in [0.29, 0.717) is 0 Å². The summed E-state index contributed by atoms with van der Waals surface area (Å²) in [7, 11) is 0. The number of phenolic OH excluding ortho intramolecular Hbond substituents is 1. The van der Waals surface area contributed by atoms with Crippen molar-refractivity contribution in [3.8, 4) is 17.4 Å². The Hall–Kier alpha value is -3.29. The number of carbonyl (C=O) groups is 2. The van der Waals surface area contributed by atoms with E-state index in [0.717, 1.165) is 6.92 Å². The maximum atomic E-state index is 12.1. The summed E-state index contributed by atoms with van der Waals surface area (Å²) in [5, 5.41) is 31.2. The van der Waals surface area contributed by atoms with Crippen molar-refractivity contribution in [2.75, 3.05) is 5.32 Å². The molecule has 0 aliphatic carbocycles. The third kappa shape index (κ3) is 2.62. The average Bonchev–Trinajstić information content (AvgIpc) is 2.40. The summed E-state index contributed by atoms with van der Waals surface area (Å²) >= 11 is 0. The van der Waals surface area contributed by atoms with Crippen molar-refractivity contribution in [1.82, 2.24) is 0 Å². The number of nitrogens with one attached hydrogen (secondary N) is 1. The number of hydrogen-bond acceptors (Lipinski definition) is 7. The highest BCUT2D eigenvalue weighted by molar-refractivity contribution is 6.10. The number of anilines is 1. The molecule has 0 spiro atoms. The lowest BCUT2D eigenvalue weighted by molar-refractivity contribution is 0.100. The van der Waals surface area contributed by atoms with Crippen LogP contribution in [0.1, 0.15) is 27.6 Å². The van der Waals surface area contributed by atoms with Crippen LogP contribution < -0.4 is 10.9 Å². The van der Waals surface area contributed by atoms with E-state index in [1.54, 1.807) is 0 Å². The van der Waals surface area contributed by atoms with Crippen LogP contribution in [0.2, 0.25) is 0 Å². The molecule has 0 radical (unpaired) electrons. The molecule has 1 amide bonds. The van der Waals surface area contributed by atoms with Crippen LogP contribution in [0.4, 0.5) is 5.69 Å². The highest BCUT2D eigenvalue weighted by atomic mass is 16.5. The highest BCUT2D eigenvalue weighted by Gasteiger charge is 2.27. The van der Waals surface area contributed by atoms with Crippen LogP contribution in [0, 0.1) is 0 Å². The Morgan fingerprint density at radius 1 is 1.09 bits per heavy atom. The molecule has 8 nitrogen and oxygen atoms in total. The first-order chi connectivity index (χ1) is 10.3. The maximum absolute atomic E-state index is 12.1. The second-order valence-corrected chi connectivity index (χ2v) is 4.32. The van der Waals surface area contributed by atoms with Gasteiger partial charge < -0.3 is 25.1 Å². The average molecular weight is 305 g/mol. The molecule has 0 saturated heterocycles. The lowest BCUT2D eigenvalue weighted by Gasteiger charge is -2.10. The molecule has 4 N–H and O–H groups in total. The summed E-state index contributed by atoms with van der Waals surface area (Å²) in [6, 6.07) is 5.73. The Kier molecular flexibility index (Phi) is 3.85. The zero-order valence-electron chi connectivity index (χ0n) is 11.3. The molecular formula is C14H11NO7. The largest absolute Gasteiger partial charge is 0.506 e. The molecule has 1 aromatic carbocycles. The molecule has 0 bridgehead atoms. The topological polar surface area (TPSA) is 137 Å². The van der Waals surface area contributed by atoms with Gasteiger partial charge in [0.15, 0.2) is 17.1 Å². The summed E-state index contributed by atoms with van der Waals surface area (Å²) in [5.41, 5.74) is -2.79. The van der Waals surface area contributed by atoms with Crippen LogP contribution in [0.5, 0.6) is 17.4 Å². The number of rotatable bonds is 3. The Labute approximate surface area is 123 Å². The molecule has 0 saturated carbocycles. The maximum Gasteiger partial charge on any atom is 0.353 e. The van der Waals surface area contributed by atoms with Gasteiger partial charge in [-0.15, -0.1) is 0 Å². The second kappa shape index (κ2) is 5.60. The molecule has 1 heterocycles. The first kappa shape index (κ1) is 15.1. The Bertz CT molecular complexity index is 822. The van der Waals surface area contributed by atoms with E-state index in [-0.39, 0.29) is 11.4 Å². The predicted molar refractivity (Wildman–Crippen MR) is 74.4 cm³/mol. The monoisotopic (exact) mass is 305 g/mol. The molecule has 0 unspecified atom stereocenters. The SMILES string of the molecule is CC(=O)c1c(O)c(C(=O)Nc2ccccc2O)c(O)oc1=O. The number of ketones is 1. The minimum atomic E-state index is -1.26. The summed E-state index contributed by atoms with van der Waals surface area (Å²) in [6.07, 6.45) is 0. The van der Waals surface area contributed by atoms with Gasteiger partial charge >= 0.3 is 11.6 Å². The van der Waals surface area contributed by atoms with Gasteiger partial charge in [-0.05, 0) is 19.1 Å². The van der Waals surface area contributed by atoms with Crippen molar-refractivity contribution in [3.63, 3.8) is 0 Å². The molecular weight excluding hydrogens is 294 g/mol. The van der Waals surface area contributed by atoms with E-state index in [2.05, 4.69) is 9.73 Å². The number of aromatic hydroxyl groups is 3. The van der Waals surface area contributed by atoms with Gasteiger partial charge in [-0.1, -0.05) is 12.1 Å². The van der Waals surface area contributed by atoms with Crippen LogP contribution in [-0.4, -0.2) is 27.0 Å². The number of hydrogen-bond donors (Lipinski definition) is 4. The third-order valence-corrected chi connectivity index (χ3v) is 2.81. The molecule has 2 aromatic rings. The van der Waals surface area contributed by atoms with Crippen molar-refractivity contribution in [1.29, 1.82) is 0 Å². The molecule has 0 aliphatic rings.